The maximum absolute atomic E-state index is 12.5. The van der Waals surface area contributed by atoms with Gasteiger partial charge in [-0.2, -0.15) is 0 Å². The maximum Gasteiger partial charge on any atom is 0.325 e. The van der Waals surface area contributed by atoms with Crippen molar-refractivity contribution >= 4 is 35.5 Å². The van der Waals surface area contributed by atoms with Gasteiger partial charge in [-0.3, -0.25) is 19.8 Å². The lowest BCUT2D eigenvalue weighted by atomic mass is 9.92. The molecule has 1 heterocycles. The standard InChI is InChI=1S/C13H13ClN4O4/c1-13(7-2-4-8(14)5-3-7)10(20)18(12(22)17-13)6-9(19)16-11(15)21/h2-5H,6H2,1H3,(H,17,22)(H3,15,16,19,21)/t13-/m0/s1. The summed E-state index contributed by atoms with van der Waals surface area (Å²) in [5, 5.41) is 4.80. The van der Waals surface area contributed by atoms with Gasteiger partial charge in [0.15, 0.2) is 0 Å². The highest BCUT2D eigenvalue weighted by Gasteiger charge is 2.49. The number of imide groups is 2. The SMILES string of the molecule is C[C@@]1(c2ccc(Cl)cc2)NC(=O)N(CC(=O)NC(N)=O)C1=O. The summed E-state index contributed by atoms with van der Waals surface area (Å²) in [5.74, 6) is -1.46. The van der Waals surface area contributed by atoms with Crippen LogP contribution in [0, 0.1) is 0 Å². The van der Waals surface area contributed by atoms with Gasteiger partial charge in [0, 0.05) is 5.02 Å². The first kappa shape index (κ1) is 15.8. The van der Waals surface area contributed by atoms with Gasteiger partial charge in [-0.25, -0.2) is 9.59 Å². The average molecular weight is 325 g/mol. The fourth-order valence-corrected chi connectivity index (χ4v) is 2.27. The molecule has 0 spiro atoms. The Morgan fingerprint density at radius 1 is 1.32 bits per heavy atom. The molecule has 8 nitrogen and oxygen atoms in total. The van der Waals surface area contributed by atoms with Gasteiger partial charge >= 0.3 is 12.1 Å². The van der Waals surface area contributed by atoms with Crippen molar-refractivity contribution in [1.82, 2.24) is 15.5 Å². The lowest BCUT2D eigenvalue weighted by molar-refractivity contribution is -0.134. The average Bonchev–Trinajstić information content (AvgIpc) is 2.63. The van der Waals surface area contributed by atoms with Crippen LogP contribution in [0.15, 0.2) is 24.3 Å². The highest BCUT2D eigenvalue weighted by molar-refractivity contribution is 6.30. The lowest BCUT2D eigenvalue weighted by Crippen LogP contribution is -2.45. The Kier molecular flexibility index (Phi) is 4.05. The molecule has 0 bridgehead atoms. The van der Waals surface area contributed by atoms with Gasteiger partial charge in [0.25, 0.3) is 5.91 Å². The third-order valence-electron chi connectivity index (χ3n) is 3.26. The first-order valence-electron chi connectivity index (χ1n) is 6.23. The van der Waals surface area contributed by atoms with Crippen LogP contribution in [0.4, 0.5) is 9.59 Å². The number of urea groups is 2. The van der Waals surface area contributed by atoms with E-state index >= 15 is 0 Å². The normalized spacial score (nSPS) is 20.7. The number of benzene rings is 1. The van der Waals surface area contributed by atoms with Gasteiger partial charge in [-0.05, 0) is 24.6 Å². The van der Waals surface area contributed by atoms with E-state index in [1.807, 2.05) is 0 Å². The molecule has 9 heteroatoms. The number of rotatable bonds is 3. The van der Waals surface area contributed by atoms with Crippen molar-refractivity contribution in [2.45, 2.75) is 12.5 Å². The minimum absolute atomic E-state index is 0.488. The van der Waals surface area contributed by atoms with Gasteiger partial charge in [0.05, 0.1) is 0 Å². The predicted molar refractivity (Wildman–Crippen MR) is 76.8 cm³/mol. The zero-order valence-electron chi connectivity index (χ0n) is 11.6. The number of amides is 6. The van der Waals surface area contributed by atoms with E-state index in [0.29, 0.717) is 15.5 Å². The van der Waals surface area contributed by atoms with E-state index in [-0.39, 0.29) is 0 Å². The van der Waals surface area contributed by atoms with Gasteiger partial charge in [-0.1, -0.05) is 23.7 Å². The van der Waals surface area contributed by atoms with Crippen molar-refractivity contribution in [3.05, 3.63) is 34.9 Å². The van der Waals surface area contributed by atoms with Crippen LogP contribution in [-0.4, -0.2) is 35.3 Å². The Balaban J connectivity index is 2.22. The molecule has 1 atom stereocenters. The summed E-state index contributed by atoms with van der Waals surface area (Å²) in [4.78, 5) is 47.2. The molecule has 0 aliphatic carbocycles. The maximum atomic E-state index is 12.5. The quantitative estimate of drug-likeness (QED) is 0.692. The Hall–Kier alpha value is -2.61. The summed E-state index contributed by atoms with van der Waals surface area (Å²) >= 11 is 5.80. The summed E-state index contributed by atoms with van der Waals surface area (Å²) in [6, 6.07) is 4.59. The molecular formula is C13H13ClN4O4. The summed E-state index contributed by atoms with van der Waals surface area (Å²) in [7, 11) is 0. The second-order valence-corrected chi connectivity index (χ2v) is 5.30. The number of nitrogens with one attached hydrogen (secondary N) is 2. The zero-order valence-corrected chi connectivity index (χ0v) is 12.3. The molecule has 0 aromatic heterocycles. The molecule has 1 aliphatic heterocycles. The van der Waals surface area contributed by atoms with Crippen molar-refractivity contribution in [2.24, 2.45) is 5.73 Å². The van der Waals surface area contributed by atoms with Crippen molar-refractivity contribution in [1.29, 1.82) is 0 Å². The third-order valence-corrected chi connectivity index (χ3v) is 3.51. The fourth-order valence-electron chi connectivity index (χ4n) is 2.14. The van der Waals surface area contributed by atoms with Crippen LogP contribution >= 0.6 is 11.6 Å². The van der Waals surface area contributed by atoms with E-state index in [4.69, 9.17) is 17.3 Å². The molecule has 116 valence electrons. The first-order valence-corrected chi connectivity index (χ1v) is 6.61. The molecule has 4 N–H and O–H groups in total. The van der Waals surface area contributed by atoms with Crippen molar-refractivity contribution < 1.29 is 19.2 Å². The number of nitrogens with two attached hydrogens (primary N) is 1. The van der Waals surface area contributed by atoms with E-state index in [1.165, 1.54) is 6.92 Å². The number of carbonyl (C=O) groups excluding carboxylic acids is 4. The van der Waals surface area contributed by atoms with Crippen LogP contribution in [0.2, 0.25) is 5.02 Å². The molecule has 2 rings (SSSR count). The summed E-state index contributed by atoms with van der Waals surface area (Å²) in [5.41, 5.74) is 4.02. The number of carbonyl (C=O) groups is 4. The van der Waals surface area contributed by atoms with Gasteiger partial charge in [0.1, 0.15) is 12.1 Å². The van der Waals surface area contributed by atoms with Crippen molar-refractivity contribution in [3.63, 3.8) is 0 Å². The smallest absolute Gasteiger partial charge is 0.325 e. The van der Waals surface area contributed by atoms with Crippen LogP contribution in [0.3, 0.4) is 0 Å². The third kappa shape index (κ3) is 2.86. The molecule has 22 heavy (non-hydrogen) atoms. The van der Waals surface area contributed by atoms with Crippen LogP contribution in [0.5, 0.6) is 0 Å². The Bertz CT molecular complexity index is 661. The van der Waals surface area contributed by atoms with Gasteiger partial charge in [-0.15, -0.1) is 0 Å². The van der Waals surface area contributed by atoms with E-state index in [1.54, 1.807) is 29.6 Å². The highest BCUT2D eigenvalue weighted by atomic mass is 35.5. The molecular weight excluding hydrogens is 312 g/mol. The second kappa shape index (κ2) is 5.64. The molecule has 1 aliphatic rings. The van der Waals surface area contributed by atoms with E-state index < -0.39 is 36.0 Å². The number of primary amides is 1. The summed E-state index contributed by atoms with van der Waals surface area (Å²) in [6.07, 6.45) is 0. The van der Waals surface area contributed by atoms with E-state index in [0.717, 1.165) is 0 Å². The molecule has 0 saturated carbocycles. The van der Waals surface area contributed by atoms with Crippen LogP contribution in [-0.2, 0) is 15.1 Å². The van der Waals surface area contributed by atoms with Crippen LogP contribution in [0.1, 0.15) is 12.5 Å². The second-order valence-electron chi connectivity index (χ2n) is 4.87. The number of nitrogens with zero attached hydrogens (tertiary/aromatic N) is 1. The lowest BCUT2D eigenvalue weighted by Gasteiger charge is -2.22. The number of halogens is 1. The van der Waals surface area contributed by atoms with Gasteiger partial charge in [0.2, 0.25) is 5.91 Å². The highest BCUT2D eigenvalue weighted by Crippen LogP contribution is 2.29. The largest absolute Gasteiger partial charge is 0.351 e. The Morgan fingerprint density at radius 3 is 2.45 bits per heavy atom. The molecule has 1 aromatic rings. The molecule has 0 radical (unpaired) electrons. The molecule has 1 saturated heterocycles. The van der Waals surface area contributed by atoms with Crippen LogP contribution in [0.25, 0.3) is 0 Å². The number of hydrogen-bond acceptors (Lipinski definition) is 4. The molecule has 0 unspecified atom stereocenters. The molecule has 1 aromatic carbocycles. The zero-order chi connectivity index (χ0) is 16.5. The monoisotopic (exact) mass is 324 g/mol. The topological polar surface area (TPSA) is 122 Å². The molecule has 6 amide bonds. The predicted octanol–water partition coefficient (Wildman–Crippen LogP) is 0.302. The van der Waals surface area contributed by atoms with Crippen molar-refractivity contribution in [3.8, 4) is 0 Å². The van der Waals surface area contributed by atoms with Gasteiger partial charge < -0.3 is 11.1 Å². The fraction of sp³-hybridized carbons (Fsp3) is 0.231. The van der Waals surface area contributed by atoms with Crippen molar-refractivity contribution in [2.75, 3.05) is 6.54 Å². The first-order chi connectivity index (χ1) is 10.2. The minimum Gasteiger partial charge on any atom is -0.351 e. The molecule has 1 fully saturated rings. The van der Waals surface area contributed by atoms with E-state index in [2.05, 4.69) is 5.32 Å². The Morgan fingerprint density at radius 2 is 1.91 bits per heavy atom. The van der Waals surface area contributed by atoms with Crippen LogP contribution < -0.4 is 16.4 Å². The summed E-state index contributed by atoms with van der Waals surface area (Å²) in [6.45, 7) is 0.916. The number of hydrogen-bond donors (Lipinski definition) is 3. The van der Waals surface area contributed by atoms with E-state index in [9.17, 15) is 19.2 Å². The Labute approximate surface area is 130 Å². The summed E-state index contributed by atoms with van der Waals surface area (Å²) < 4.78 is 0. The minimum atomic E-state index is -1.31.